The van der Waals surface area contributed by atoms with E-state index in [9.17, 15) is 13.2 Å². The number of fused-ring (bicyclic) bond motifs is 1. The van der Waals surface area contributed by atoms with Crippen LogP contribution in [0, 0.1) is 17.5 Å². The van der Waals surface area contributed by atoms with Gasteiger partial charge in [-0.25, -0.2) is 23.1 Å². The maximum atomic E-state index is 13.7. The summed E-state index contributed by atoms with van der Waals surface area (Å²) in [5.74, 6) is -4.03. The van der Waals surface area contributed by atoms with Crippen molar-refractivity contribution in [3.05, 3.63) is 41.0 Å². The molecule has 0 aliphatic heterocycles. The van der Waals surface area contributed by atoms with Crippen molar-refractivity contribution in [1.29, 1.82) is 0 Å². The van der Waals surface area contributed by atoms with E-state index in [0.29, 0.717) is 10.2 Å². The van der Waals surface area contributed by atoms with Gasteiger partial charge in [0.1, 0.15) is 10.6 Å². The maximum absolute atomic E-state index is 13.7. The van der Waals surface area contributed by atoms with Crippen molar-refractivity contribution in [1.82, 2.24) is 9.97 Å². The summed E-state index contributed by atoms with van der Waals surface area (Å²) in [4.78, 5) is 8.58. The number of rotatable bonds is 1. The highest BCUT2D eigenvalue weighted by Gasteiger charge is 2.18. The SMILES string of the molecule is Nc1nc(-c2ccc(F)c(F)c2F)nc2sccc12. The molecule has 0 bridgehead atoms. The molecule has 0 aliphatic rings. The summed E-state index contributed by atoms with van der Waals surface area (Å²) in [5.41, 5.74) is 5.50. The molecule has 3 rings (SSSR count). The summed E-state index contributed by atoms with van der Waals surface area (Å²) in [6.07, 6.45) is 0. The highest BCUT2D eigenvalue weighted by molar-refractivity contribution is 7.16. The van der Waals surface area contributed by atoms with Crippen LogP contribution in [0.25, 0.3) is 21.6 Å². The van der Waals surface area contributed by atoms with Crippen LogP contribution < -0.4 is 5.73 Å². The van der Waals surface area contributed by atoms with Gasteiger partial charge in [0.25, 0.3) is 0 Å². The molecule has 2 aromatic heterocycles. The smallest absolute Gasteiger partial charge is 0.195 e. The molecular formula is C12H6F3N3S. The molecule has 0 amide bonds. The van der Waals surface area contributed by atoms with E-state index in [-0.39, 0.29) is 17.2 Å². The Balaban J connectivity index is 2.27. The molecule has 7 heteroatoms. The molecule has 0 aliphatic carbocycles. The number of nitrogens with zero attached hydrogens (tertiary/aromatic N) is 2. The average molecular weight is 281 g/mol. The van der Waals surface area contributed by atoms with Crippen LogP contribution >= 0.6 is 11.3 Å². The normalized spacial score (nSPS) is 11.1. The first kappa shape index (κ1) is 11.9. The Hall–Kier alpha value is -2.15. The summed E-state index contributed by atoms with van der Waals surface area (Å²) in [5, 5.41) is 2.41. The van der Waals surface area contributed by atoms with Crippen LogP contribution in [0.4, 0.5) is 19.0 Å². The molecule has 0 saturated carbocycles. The third-order valence-electron chi connectivity index (χ3n) is 2.63. The molecule has 0 fully saturated rings. The van der Waals surface area contributed by atoms with Gasteiger partial charge in [-0.3, -0.25) is 0 Å². The number of hydrogen-bond donors (Lipinski definition) is 1. The molecule has 19 heavy (non-hydrogen) atoms. The standard InChI is InChI=1S/C12H6F3N3S/c13-7-2-1-5(8(14)9(7)15)11-17-10(16)6-3-4-19-12(6)18-11/h1-4H,(H2,16,17,18). The van der Waals surface area contributed by atoms with Crippen molar-refractivity contribution < 1.29 is 13.2 Å². The first-order valence-electron chi connectivity index (χ1n) is 5.22. The van der Waals surface area contributed by atoms with Crippen LogP contribution in [0.2, 0.25) is 0 Å². The molecule has 0 saturated heterocycles. The molecule has 1 aromatic carbocycles. The molecule has 0 spiro atoms. The lowest BCUT2D eigenvalue weighted by atomic mass is 10.2. The van der Waals surface area contributed by atoms with Crippen molar-refractivity contribution in [3.63, 3.8) is 0 Å². The molecule has 0 atom stereocenters. The predicted molar refractivity (Wildman–Crippen MR) is 67.1 cm³/mol. The lowest BCUT2D eigenvalue weighted by molar-refractivity contribution is 0.448. The summed E-state index contributed by atoms with van der Waals surface area (Å²) in [6, 6.07) is 3.65. The number of hydrogen-bond acceptors (Lipinski definition) is 4. The molecular weight excluding hydrogens is 275 g/mol. The van der Waals surface area contributed by atoms with Gasteiger partial charge >= 0.3 is 0 Å². The Kier molecular flexibility index (Phi) is 2.63. The highest BCUT2D eigenvalue weighted by atomic mass is 32.1. The van der Waals surface area contributed by atoms with Gasteiger partial charge < -0.3 is 5.73 Å². The van der Waals surface area contributed by atoms with Crippen molar-refractivity contribution in [3.8, 4) is 11.4 Å². The average Bonchev–Trinajstić information content (AvgIpc) is 2.85. The van der Waals surface area contributed by atoms with Crippen LogP contribution in [0.5, 0.6) is 0 Å². The number of anilines is 1. The van der Waals surface area contributed by atoms with E-state index in [1.165, 1.54) is 11.3 Å². The number of thiophene rings is 1. The number of halogens is 3. The van der Waals surface area contributed by atoms with Gasteiger partial charge in [-0.15, -0.1) is 11.3 Å². The van der Waals surface area contributed by atoms with Gasteiger partial charge in [0, 0.05) is 0 Å². The molecule has 0 radical (unpaired) electrons. The van der Waals surface area contributed by atoms with Gasteiger partial charge in [0.2, 0.25) is 0 Å². The van der Waals surface area contributed by atoms with Gasteiger partial charge in [-0.05, 0) is 23.6 Å². The number of nitrogens with two attached hydrogens (primary N) is 1. The fourth-order valence-corrected chi connectivity index (χ4v) is 2.47. The Bertz CT molecular complexity index is 785. The second kappa shape index (κ2) is 4.20. The fraction of sp³-hybridized carbons (Fsp3) is 0. The monoisotopic (exact) mass is 281 g/mol. The second-order valence-corrected chi connectivity index (χ2v) is 4.69. The van der Waals surface area contributed by atoms with E-state index in [1.54, 1.807) is 11.4 Å². The molecule has 3 nitrogen and oxygen atoms in total. The Labute approximate surface area is 109 Å². The third-order valence-corrected chi connectivity index (χ3v) is 3.44. The molecule has 3 aromatic rings. The minimum Gasteiger partial charge on any atom is -0.383 e. The van der Waals surface area contributed by atoms with E-state index in [0.717, 1.165) is 12.1 Å². The molecule has 0 unspecified atom stereocenters. The first-order valence-corrected chi connectivity index (χ1v) is 6.10. The first-order chi connectivity index (χ1) is 9.08. The quantitative estimate of drug-likeness (QED) is 0.696. The lowest BCUT2D eigenvalue weighted by Gasteiger charge is -2.05. The fourth-order valence-electron chi connectivity index (χ4n) is 1.70. The van der Waals surface area contributed by atoms with Crippen molar-refractivity contribution in [2.24, 2.45) is 0 Å². The molecule has 2 N–H and O–H groups in total. The maximum Gasteiger partial charge on any atom is 0.195 e. The van der Waals surface area contributed by atoms with E-state index in [2.05, 4.69) is 9.97 Å². The topological polar surface area (TPSA) is 51.8 Å². The Morgan fingerprint density at radius 3 is 2.58 bits per heavy atom. The zero-order chi connectivity index (χ0) is 13.6. The van der Waals surface area contributed by atoms with E-state index in [1.807, 2.05) is 0 Å². The lowest BCUT2D eigenvalue weighted by Crippen LogP contribution is -2.00. The van der Waals surface area contributed by atoms with Crippen molar-refractivity contribution in [2.45, 2.75) is 0 Å². The minimum absolute atomic E-state index is 0.0659. The highest BCUT2D eigenvalue weighted by Crippen LogP contribution is 2.29. The van der Waals surface area contributed by atoms with Gasteiger partial charge in [-0.1, -0.05) is 0 Å². The number of benzene rings is 1. The Morgan fingerprint density at radius 1 is 1.00 bits per heavy atom. The van der Waals surface area contributed by atoms with E-state index >= 15 is 0 Å². The third kappa shape index (κ3) is 1.82. The number of aromatic nitrogens is 2. The Morgan fingerprint density at radius 2 is 1.79 bits per heavy atom. The zero-order valence-corrected chi connectivity index (χ0v) is 10.1. The van der Waals surface area contributed by atoms with Crippen LogP contribution in [-0.2, 0) is 0 Å². The summed E-state index contributed by atoms with van der Waals surface area (Å²) >= 11 is 1.30. The van der Waals surface area contributed by atoms with Crippen molar-refractivity contribution >= 4 is 27.4 Å². The number of nitrogen functional groups attached to an aromatic ring is 1. The van der Waals surface area contributed by atoms with Crippen LogP contribution in [0.15, 0.2) is 23.6 Å². The van der Waals surface area contributed by atoms with E-state index in [4.69, 9.17) is 5.73 Å². The largest absolute Gasteiger partial charge is 0.383 e. The van der Waals surface area contributed by atoms with Gasteiger partial charge in [0.05, 0.1) is 10.9 Å². The zero-order valence-electron chi connectivity index (χ0n) is 9.32. The summed E-state index contributed by atoms with van der Waals surface area (Å²) < 4.78 is 39.8. The predicted octanol–water partition coefficient (Wildman–Crippen LogP) is 3.36. The summed E-state index contributed by atoms with van der Waals surface area (Å²) in [7, 11) is 0. The molecule has 96 valence electrons. The van der Waals surface area contributed by atoms with E-state index < -0.39 is 17.5 Å². The molecule has 2 heterocycles. The van der Waals surface area contributed by atoms with Gasteiger partial charge in [-0.2, -0.15) is 0 Å². The van der Waals surface area contributed by atoms with Crippen LogP contribution in [-0.4, -0.2) is 9.97 Å². The van der Waals surface area contributed by atoms with Crippen LogP contribution in [0.3, 0.4) is 0 Å². The van der Waals surface area contributed by atoms with Crippen molar-refractivity contribution in [2.75, 3.05) is 5.73 Å². The second-order valence-electron chi connectivity index (χ2n) is 3.79. The summed E-state index contributed by atoms with van der Waals surface area (Å²) in [6.45, 7) is 0. The van der Waals surface area contributed by atoms with Crippen LogP contribution in [0.1, 0.15) is 0 Å². The van der Waals surface area contributed by atoms with Gasteiger partial charge in [0.15, 0.2) is 23.3 Å². The minimum atomic E-state index is -1.55.